The second-order valence-electron chi connectivity index (χ2n) is 5.52. The van der Waals surface area contributed by atoms with Gasteiger partial charge in [-0.25, -0.2) is 5.43 Å². The number of nitrogens with one attached hydrogen (secondary N) is 2. The predicted molar refractivity (Wildman–Crippen MR) is 100 cm³/mol. The van der Waals surface area contributed by atoms with Gasteiger partial charge in [0.2, 0.25) is 0 Å². The molecule has 3 aromatic rings. The topological polar surface area (TPSA) is 109 Å². The number of benzene rings is 2. The van der Waals surface area contributed by atoms with Gasteiger partial charge in [0.15, 0.2) is 0 Å². The van der Waals surface area contributed by atoms with Gasteiger partial charge in [-0.05, 0) is 48.0 Å². The molecule has 1 amide bonds. The van der Waals surface area contributed by atoms with Crippen molar-refractivity contribution >= 4 is 12.1 Å². The summed E-state index contributed by atoms with van der Waals surface area (Å²) in [6.45, 7) is 0. The molecular formula is C19H18N4O4. The first-order valence-electron chi connectivity index (χ1n) is 8.01. The first-order valence-corrected chi connectivity index (χ1v) is 8.01. The SMILES string of the molecule is COc1ccc(-c2cc(C(=O)N/N=C/c3ccc(O)cc3)[nH]n2)c(OC)c1. The van der Waals surface area contributed by atoms with Gasteiger partial charge < -0.3 is 14.6 Å². The number of methoxy groups -OCH3 is 2. The van der Waals surface area contributed by atoms with E-state index >= 15 is 0 Å². The van der Waals surface area contributed by atoms with Crippen molar-refractivity contribution in [3.8, 4) is 28.5 Å². The quantitative estimate of drug-likeness (QED) is 0.459. The first-order chi connectivity index (χ1) is 13.1. The van der Waals surface area contributed by atoms with Crippen LogP contribution in [0.1, 0.15) is 16.1 Å². The highest BCUT2D eigenvalue weighted by atomic mass is 16.5. The summed E-state index contributed by atoms with van der Waals surface area (Å²) in [6.07, 6.45) is 1.47. The summed E-state index contributed by atoms with van der Waals surface area (Å²) in [4.78, 5) is 12.2. The lowest BCUT2D eigenvalue weighted by Crippen LogP contribution is -2.17. The summed E-state index contributed by atoms with van der Waals surface area (Å²) in [5.41, 5.74) is 4.69. The number of hydrogen-bond donors (Lipinski definition) is 3. The van der Waals surface area contributed by atoms with Crippen LogP contribution in [0.15, 0.2) is 53.6 Å². The van der Waals surface area contributed by atoms with Crippen LogP contribution in [-0.2, 0) is 0 Å². The zero-order valence-electron chi connectivity index (χ0n) is 14.8. The maximum absolute atomic E-state index is 12.2. The van der Waals surface area contributed by atoms with Crippen LogP contribution in [0.4, 0.5) is 0 Å². The third-order valence-electron chi connectivity index (χ3n) is 3.78. The van der Waals surface area contributed by atoms with Crippen LogP contribution in [0.2, 0.25) is 0 Å². The Morgan fingerprint density at radius 3 is 2.63 bits per heavy atom. The molecule has 1 aromatic heterocycles. The van der Waals surface area contributed by atoms with E-state index in [1.54, 1.807) is 50.6 Å². The fraction of sp³-hybridized carbons (Fsp3) is 0.105. The average Bonchev–Trinajstić information content (AvgIpc) is 3.19. The molecule has 0 atom stereocenters. The van der Waals surface area contributed by atoms with Gasteiger partial charge in [0.1, 0.15) is 22.9 Å². The van der Waals surface area contributed by atoms with Crippen LogP contribution < -0.4 is 14.9 Å². The van der Waals surface area contributed by atoms with E-state index in [1.807, 2.05) is 0 Å². The lowest BCUT2D eigenvalue weighted by Gasteiger charge is -2.08. The number of phenolic OH excluding ortho intramolecular Hbond substituents is 1. The molecule has 0 unspecified atom stereocenters. The van der Waals surface area contributed by atoms with E-state index in [4.69, 9.17) is 9.47 Å². The monoisotopic (exact) mass is 366 g/mol. The molecule has 0 spiro atoms. The Labute approximate surface area is 155 Å². The maximum atomic E-state index is 12.2. The Morgan fingerprint density at radius 2 is 1.93 bits per heavy atom. The fourth-order valence-corrected chi connectivity index (χ4v) is 2.37. The van der Waals surface area contributed by atoms with Gasteiger partial charge in [-0.15, -0.1) is 0 Å². The maximum Gasteiger partial charge on any atom is 0.289 e. The summed E-state index contributed by atoms with van der Waals surface area (Å²) >= 11 is 0. The summed E-state index contributed by atoms with van der Waals surface area (Å²) in [6, 6.07) is 13.4. The number of hydrogen-bond acceptors (Lipinski definition) is 6. The number of carbonyl (C=O) groups is 1. The summed E-state index contributed by atoms with van der Waals surface area (Å²) < 4.78 is 10.5. The molecule has 0 saturated heterocycles. The lowest BCUT2D eigenvalue weighted by molar-refractivity contribution is 0.0950. The number of carbonyl (C=O) groups excluding carboxylic acids is 1. The summed E-state index contributed by atoms with van der Waals surface area (Å²) in [5, 5.41) is 20.0. The van der Waals surface area contributed by atoms with Gasteiger partial charge in [0.05, 0.1) is 26.1 Å². The van der Waals surface area contributed by atoms with Crippen molar-refractivity contribution < 1.29 is 19.4 Å². The molecule has 3 rings (SSSR count). The van der Waals surface area contributed by atoms with E-state index in [0.717, 1.165) is 11.1 Å². The van der Waals surface area contributed by atoms with E-state index in [9.17, 15) is 9.90 Å². The number of rotatable bonds is 6. The highest BCUT2D eigenvalue weighted by Crippen LogP contribution is 2.32. The Morgan fingerprint density at radius 1 is 1.15 bits per heavy atom. The normalized spacial score (nSPS) is 10.7. The highest BCUT2D eigenvalue weighted by Gasteiger charge is 2.14. The summed E-state index contributed by atoms with van der Waals surface area (Å²) in [5.74, 6) is 0.970. The number of aromatic nitrogens is 2. The van der Waals surface area contributed by atoms with Crippen molar-refractivity contribution in [3.63, 3.8) is 0 Å². The lowest BCUT2D eigenvalue weighted by atomic mass is 10.1. The molecule has 0 aliphatic rings. The van der Waals surface area contributed by atoms with Gasteiger partial charge in [-0.1, -0.05) is 0 Å². The van der Waals surface area contributed by atoms with E-state index < -0.39 is 5.91 Å². The van der Waals surface area contributed by atoms with Crippen molar-refractivity contribution in [2.24, 2.45) is 5.10 Å². The number of aromatic hydroxyl groups is 1. The molecule has 0 saturated carbocycles. The number of ether oxygens (including phenoxy) is 2. The minimum Gasteiger partial charge on any atom is -0.508 e. The Kier molecular flexibility index (Phi) is 5.36. The molecular weight excluding hydrogens is 348 g/mol. The molecule has 0 radical (unpaired) electrons. The molecule has 2 aromatic carbocycles. The fourth-order valence-electron chi connectivity index (χ4n) is 2.37. The zero-order chi connectivity index (χ0) is 19.2. The molecule has 0 aliphatic carbocycles. The third-order valence-corrected chi connectivity index (χ3v) is 3.78. The van der Waals surface area contributed by atoms with Crippen molar-refractivity contribution in [2.75, 3.05) is 14.2 Å². The van der Waals surface area contributed by atoms with Crippen molar-refractivity contribution in [1.29, 1.82) is 0 Å². The van der Waals surface area contributed by atoms with Crippen molar-refractivity contribution in [3.05, 3.63) is 59.8 Å². The number of H-pyrrole nitrogens is 1. The number of aromatic amines is 1. The Balaban J connectivity index is 1.71. The second-order valence-corrected chi connectivity index (χ2v) is 5.52. The van der Waals surface area contributed by atoms with Gasteiger partial charge in [-0.3, -0.25) is 9.89 Å². The van der Waals surface area contributed by atoms with Gasteiger partial charge in [-0.2, -0.15) is 10.2 Å². The van der Waals surface area contributed by atoms with Gasteiger partial charge in [0.25, 0.3) is 5.91 Å². The third kappa shape index (κ3) is 4.24. The van der Waals surface area contributed by atoms with Crippen LogP contribution in [-0.4, -0.2) is 41.6 Å². The van der Waals surface area contributed by atoms with E-state index in [1.165, 1.54) is 18.3 Å². The molecule has 0 bridgehead atoms. The van der Waals surface area contributed by atoms with Crippen LogP contribution in [0.25, 0.3) is 11.3 Å². The number of amides is 1. The Hall–Kier alpha value is -3.81. The molecule has 0 fully saturated rings. The minimum absolute atomic E-state index is 0.162. The largest absolute Gasteiger partial charge is 0.508 e. The first kappa shape index (κ1) is 18.0. The standard InChI is InChI=1S/C19H18N4O4/c1-26-14-7-8-15(18(9-14)27-2)16-10-17(22-21-16)19(25)23-20-11-12-3-5-13(24)6-4-12/h3-11,24H,1-2H3,(H,21,22)(H,23,25)/b20-11+. The summed E-state index contributed by atoms with van der Waals surface area (Å²) in [7, 11) is 3.13. The number of nitrogens with zero attached hydrogens (tertiary/aromatic N) is 2. The number of hydrazone groups is 1. The van der Waals surface area contributed by atoms with Crippen molar-refractivity contribution in [2.45, 2.75) is 0 Å². The van der Waals surface area contributed by atoms with Crippen LogP contribution in [0.5, 0.6) is 17.2 Å². The molecule has 1 heterocycles. The molecule has 27 heavy (non-hydrogen) atoms. The van der Waals surface area contributed by atoms with Crippen LogP contribution >= 0.6 is 0 Å². The number of phenols is 1. The molecule has 138 valence electrons. The van der Waals surface area contributed by atoms with Crippen LogP contribution in [0.3, 0.4) is 0 Å². The minimum atomic E-state index is -0.434. The van der Waals surface area contributed by atoms with Crippen LogP contribution in [0, 0.1) is 0 Å². The van der Waals surface area contributed by atoms with E-state index in [-0.39, 0.29) is 11.4 Å². The van der Waals surface area contributed by atoms with Gasteiger partial charge in [0, 0.05) is 11.6 Å². The molecule has 8 nitrogen and oxygen atoms in total. The Bertz CT molecular complexity index is 964. The average molecular weight is 366 g/mol. The second kappa shape index (κ2) is 8.05. The smallest absolute Gasteiger partial charge is 0.289 e. The molecule has 0 aliphatic heterocycles. The predicted octanol–water partition coefficient (Wildman–Crippen LogP) is 2.56. The van der Waals surface area contributed by atoms with Crippen molar-refractivity contribution in [1.82, 2.24) is 15.6 Å². The van der Waals surface area contributed by atoms with E-state index in [0.29, 0.717) is 17.2 Å². The zero-order valence-corrected chi connectivity index (χ0v) is 14.8. The van der Waals surface area contributed by atoms with E-state index in [2.05, 4.69) is 20.7 Å². The van der Waals surface area contributed by atoms with Gasteiger partial charge >= 0.3 is 0 Å². The molecule has 3 N–H and O–H groups in total. The molecule has 8 heteroatoms. The highest BCUT2D eigenvalue weighted by molar-refractivity contribution is 5.94.